The molecule has 6 nitrogen and oxygen atoms in total. The van der Waals surface area contributed by atoms with Gasteiger partial charge in [0.2, 0.25) is 11.9 Å². The molecule has 29 heavy (non-hydrogen) atoms. The first-order valence-corrected chi connectivity index (χ1v) is 10.9. The lowest BCUT2D eigenvalue weighted by atomic mass is 10.1. The van der Waals surface area contributed by atoms with Crippen molar-refractivity contribution in [2.75, 3.05) is 43.6 Å². The summed E-state index contributed by atoms with van der Waals surface area (Å²) >= 11 is 8.44. The van der Waals surface area contributed by atoms with Gasteiger partial charge in [-0.1, -0.05) is 17.1 Å². The Kier molecular flexibility index (Phi) is 7.57. The van der Waals surface area contributed by atoms with Gasteiger partial charge in [0.25, 0.3) is 0 Å². The number of nitrogens with one attached hydrogen (secondary N) is 2. The fourth-order valence-electron chi connectivity index (χ4n) is 3.21. The number of thiol groups is 2. The average Bonchev–Trinajstić information content (AvgIpc) is 3.17. The van der Waals surface area contributed by atoms with Crippen LogP contribution >= 0.6 is 25.3 Å². The molecule has 0 radical (unpaired) electrons. The topological polar surface area (TPSA) is 62.6 Å². The highest BCUT2D eigenvalue weighted by Crippen LogP contribution is 2.21. The van der Waals surface area contributed by atoms with Crippen LogP contribution in [0.3, 0.4) is 0 Å². The van der Waals surface area contributed by atoms with E-state index in [-0.39, 0.29) is 23.7 Å². The maximum Gasteiger partial charge on any atom is 0.322 e. The molecule has 2 atom stereocenters. The van der Waals surface area contributed by atoms with Gasteiger partial charge < -0.3 is 15.5 Å². The molecule has 2 unspecified atom stereocenters. The van der Waals surface area contributed by atoms with Crippen LogP contribution in [0.15, 0.2) is 47.6 Å². The Morgan fingerprint density at radius 2 is 1.93 bits per heavy atom. The van der Waals surface area contributed by atoms with Gasteiger partial charge in [0, 0.05) is 61.9 Å². The van der Waals surface area contributed by atoms with Crippen molar-refractivity contribution < 1.29 is 9.04 Å². The second-order valence-electron chi connectivity index (χ2n) is 7.13. The van der Waals surface area contributed by atoms with E-state index in [1.165, 1.54) is 11.3 Å². The molecule has 1 aromatic heterocycles. The molecule has 0 bridgehead atoms. The molecule has 3 rings (SSSR count). The van der Waals surface area contributed by atoms with E-state index >= 15 is 0 Å². The Bertz CT molecular complexity index is 962. The molecule has 0 saturated carbocycles. The lowest BCUT2D eigenvalue weighted by Gasteiger charge is -2.16. The molecule has 2 aromatic rings. The third-order valence-electron chi connectivity index (χ3n) is 4.87. The van der Waals surface area contributed by atoms with Gasteiger partial charge in [-0.25, -0.2) is 4.24 Å². The standard InChI is InChI=1S/C21H27N5OS2/c1-25(2)17-6-3-15(4-7-17)18-12-26-11-16(5-8-20(26)24-18)19(13-28)22-9-10-23-21(27)14-29/h3-8,11-12,18-19,22H,9-10,13-14H2,1-2H3,(H2-,23,27,28,29)/p+1. The van der Waals surface area contributed by atoms with Crippen molar-refractivity contribution >= 4 is 36.9 Å². The van der Waals surface area contributed by atoms with Crippen molar-refractivity contribution in [1.82, 2.24) is 10.6 Å². The van der Waals surface area contributed by atoms with E-state index in [1.54, 1.807) is 0 Å². The highest BCUT2D eigenvalue weighted by molar-refractivity contribution is 7.81. The van der Waals surface area contributed by atoms with Crippen LogP contribution in [0, 0.1) is 6.21 Å². The van der Waals surface area contributed by atoms with Crippen molar-refractivity contribution in [1.29, 1.82) is 0 Å². The van der Waals surface area contributed by atoms with Crippen LogP contribution in [0.2, 0.25) is 0 Å². The number of nitrogens with zero attached hydrogens (tertiary/aromatic N) is 3. The molecule has 1 aliphatic rings. The second kappa shape index (κ2) is 10.1. The second-order valence-corrected chi connectivity index (χ2v) is 7.82. The van der Waals surface area contributed by atoms with E-state index in [0.717, 1.165) is 11.1 Å². The highest BCUT2D eigenvalue weighted by Gasteiger charge is 2.22. The monoisotopic (exact) mass is 430 g/mol. The van der Waals surface area contributed by atoms with Crippen molar-refractivity contribution in [3.05, 3.63) is 65.4 Å². The first-order chi connectivity index (χ1) is 14.0. The molecule has 2 heterocycles. The Morgan fingerprint density at radius 3 is 2.59 bits per heavy atom. The molecular weight excluding hydrogens is 402 g/mol. The molecule has 2 N–H and O–H groups in total. The minimum absolute atomic E-state index is 0.0142. The number of fused-ring (bicyclic) bond motifs is 1. The van der Waals surface area contributed by atoms with E-state index in [2.05, 4.69) is 87.8 Å². The van der Waals surface area contributed by atoms with Gasteiger partial charge in [0.1, 0.15) is 12.4 Å². The average molecular weight is 431 g/mol. The number of hydrogen-bond acceptors (Lipinski definition) is 6. The largest absolute Gasteiger partial charge is 0.378 e. The zero-order chi connectivity index (χ0) is 20.8. The Balaban J connectivity index is 1.70. The van der Waals surface area contributed by atoms with Crippen LogP contribution in [0.4, 0.5) is 5.69 Å². The molecule has 154 valence electrons. The van der Waals surface area contributed by atoms with Crippen molar-refractivity contribution in [2.45, 2.75) is 12.1 Å². The molecule has 0 spiro atoms. The number of benzene rings is 1. The lowest BCUT2D eigenvalue weighted by molar-refractivity contribution is -0.523. The number of rotatable bonds is 9. The molecule has 1 aromatic carbocycles. The molecule has 1 amide bonds. The van der Waals surface area contributed by atoms with Gasteiger partial charge in [-0.2, -0.15) is 25.3 Å². The fraction of sp³-hybridized carbons (Fsp3) is 0.381. The van der Waals surface area contributed by atoms with Gasteiger partial charge >= 0.3 is 5.49 Å². The Labute approximate surface area is 182 Å². The molecule has 0 aliphatic carbocycles. The predicted molar refractivity (Wildman–Crippen MR) is 122 cm³/mol. The minimum Gasteiger partial charge on any atom is -0.378 e. The zero-order valence-corrected chi connectivity index (χ0v) is 18.5. The summed E-state index contributed by atoms with van der Waals surface area (Å²) in [6.45, 7) is 1.23. The van der Waals surface area contributed by atoms with Gasteiger partial charge in [0.15, 0.2) is 0 Å². The number of hydrogen-bond donors (Lipinski definition) is 4. The summed E-state index contributed by atoms with van der Waals surface area (Å²) in [5.74, 6) is 0.800. The van der Waals surface area contributed by atoms with Crippen molar-refractivity contribution in [3.8, 4) is 0 Å². The maximum atomic E-state index is 11.3. The fourth-order valence-corrected chi connectivity index (χ4v) is 3.66. The number of carbonyl (C=O) groups is 1. The van der Waals surface area contributed by atoms with E-state index in [1.807, 2.05) is 20.2 Å². The summed E-state index contributed by atoms with van der Waals surface area (Å²) in [5.41, 5.74) is 4.42. The molecule has 0 fully saturated rings. The van der Waals surface area contributed by atoms with E-state index in [0.29, 0.717) is 18.8 Å². The smallest absolute Gasteiger partial charge is 0.322 e. The zero-order valence-electron chi connectivity index (χ0n) is 16.7. The first-order valence-electron chi connectivity index (χ1n) is 9.62. The van der Waals surface area contributed by atoms with Crippen LogP contribution in [-0.4, -0.2) is 44.6 Å². The Hall–Kier alpha value is -2.03. The molecular formula is C21H28N5OS2+. The normalized spacial score (nSPS) is 15.8. The first kappa shape index (κ1) is 21.7. The van der Waals surface area contributed by atoms with E-state index in [4.69, 9.17) is 4.99 Å². The van der Waals surface area contributed by atoms with E-state index < -0.39 is 0 Å². The van der Waals surface area contributed by atoms with Crippen molar-refractivity contribution in [2.24, 2.45) is 4.99 Å². The molecule has 8 heteroatoms. The number of carbonyl (C=O) groups excluding carboxylic acids is 1. The predicted octanol–water partition coefficient (Wildman–Crippen LogP) is 1.03. The number of anilines is 1. The summed E-state index contributed by atoms with van der Waals surface area (Å²) in [6, 6.07) is 12.7. The lowest BCUT2D eigenvalue weighted by Crippen LogP contribution is -2.38. The summed E-state index contributed by atoms with van der Waals surface area (Å²) in [6.07, 6.45) is 4.24. The quantitative estimate of drug-likeness (QED) is 0.273. The van der Waals surface area contributed by atoms with Gasteiger partial charge in [0.05, 0.1) is 5.75 Å². The number of aromatic nitrogens is 1. The van der Waals surface area contributed by atoms with Crippen LogP contribution in [0.5, 0.6) is 0 Å². The van der Waals surface area contributed by atoms with Gasteiger partial charge in [-0.15, -0.1) is 0 Å². The highest BCUT2D eigenvalue weighted by atomic mass is 32.1. The summed E-state index contributed by atoms with van der Waals surface area (Å²) in [5, 5.41) is 6.25. The maximum absolute atomic E-state index is 11.3. The van der Waals surface area contributed by atoms with Crippen molar-refractivity contribution in [3.63, 3.8) is 0 Å². The summed E-state index contributed by atoms with van der Waals surface area (Å²) < 4.78 is 2.08. The van der Waals surface area contributed by atoms with Crippen LogP contribution in [-0.2, 0) is 4.79 Å². The van der Waals surface area contributed by atoms with Crippen LogP contribution in [0.25, 0.3) is 0 Å². The van der Waals surface area contributed by atoms with Crippen LogP contribution < -0.4 is 25.3 Å². The molecule has 0 saturated heterocycles. The Morgan fingerprint density at radius 1 is 1.17 bits per heavy atom. The molecule has 1 aliphatic heterocycles. The third-order valence-corrected chi connectivity index (χ3v) is 5.52. The summed E-state index contributed by atoms with van der Waals surface area (Å²) in [4.78, 5) is 18.2. The van der Waals surface area contributed by atoms with Crippen LogP contribution in [0.1, 0.15) is 23.2 Å². The summed E-state index contributed by atoms with van der Waals surface area (Å²) in [7, 11) is 4.07. The minimum atomic E-state index is -0.0634. The van der Waals surface area contributed by atoms with Gasteiger partial charge in [-0.05, 0) is 18.2 Å². The SMILES string of the molecule is CN(C)c1ccc(C2C=[n+]3cc(C(CS)NCCNC(=O)CS)ccc3=N2)cc1. The number of amides is 1. The van der Waals surface area contributed by atoms with Gasteiger partial charge in [-0.3, -0.25) is 4.79 Å². The third kappa shape index (κ3) is 5.52. The number of pyridine rings is 1. The van der Waals surface area contributed by atoms with E-state index in [9.17, 15) is 4.79 Å².